The highest BCUT2D eigenvalue weighted by molar-refractivity contribution is 6.21. The quantitative estimate of drug-likeness (QED) is 0.459. The molecule has 144 valence electrons. The van der Waals surface area contributed by atoms with Crippen molar-refractivity contribution >= 4 is 23.5 Å². The third-order valence-corrected chi connectivity index (χ3v) is 5.05. The summed E-state index contributed by atoms with van der Waals surface area (Å²) >= 11 is 0. The largest absolute Gasteiger partial charge is 0.462 e. The van der Waals surface area contributed by atoms with Gasteiger partial charge in [-0.25, -0.2) is 4.79 Å². The number of Topliss-reactive ketones (excluding diaryl/α,β-unsaturated/α-hetero) is 1. The molecule has 0 aromatic heterocycles. The van der Waals surface area contributed by atoms with Crippen LogP contribution in [0.5, 0.6) is 0 Å². The first kappa shape index (κ1) is 18.7. The fourth-order valence-corrected chi connectivity index (χ4v) is 3.48. The molecule has 1 heterocycles. The molecule has 0 unspecified atom stereocenters. The summed E-state index contributed by atoms with van der Waals surface area (Å²) in [6, 6.07) is 23.0. The van der Waals surface area contributed by atoms with Gasteiger partial charge in [0.2, 0.25) is 5.78 Å². The number of rotatable bonds is 4. The molecular formula is C25H21NO3. The molecule has 0 amide bonds. The maximum Gasteiger partial charge on any atom is 0.338 e. The molecule has 0 aliphatic carbocycles. The number of para-hydroxylation sites is 1. The van der Waals surface area contributed by atoms with Crippen LogP contribution < -0.4 is 4.90 Å². The molecule has 0 radical (unpaired) electrons. The van der Waals surface area contributed by atoms with Gasteiger partial charge in [-0.05, 0) is 54.0 Å². The predicted octanol–water partition coefficient (Wildman–Crippen LogP) is 5.20. The second-order valence-corrected chi connectivity index (χ2v) is 6.85. The van der Waals surface area contributed by atoms with E-state index in [-0.39, 0.29) is 11.8 Å². The van der Waals surface area contributed by atoms with E-state index in [1.165, 1.54) is 0 Å². The average molecular weight is 383 g/mol. The van der Waals surface area contributed by atoms with Gasteiger partial charge >= 0.3 is 5.97 Å². The van der Waals surface area contributed by atoms with Crippen LogP contribution in [0.25, 0.3) is 17.2 Å². The number of hydrogen-bond donors (Lipinski definition) is 0. The lowest BCUT2D eigenvalue weighted by molar-refractivity contribution is 0.0526. The van der Waals surface area contributed by atoms with Crippen LogP contribution >= 0.6 is 0 Å². The van der Waals surface area contributed by atoms with Gasteiger partial charge in [-0.2, -0.15) is 0 Å². The van der Waals surface area contributed by atoms with Crippen molar-refractivity contribution in [3.63, 3.8) is 0 Å². The summed E-state index contributed by atoms with van der Waals surface area (Å²) in [5.41, 5.74) is 5.88. The molecule has 4 nitrogen and oxygen atoms in total. The van der Waals surface area contributed by atoms with E-state index in [1.807, 2.05) is 78.7 Å². The van der Waals surface area contributed by atoms with E-state index >= 15 is 0 Å². The van der Waals surface area contributed by atoms with Gasteiger partial charge in [0, 0.05) is 12.6 Å². The number of esters is 1. The maximum atomic E-state index is 12.7. The minimum atomic E-state index is -0.313. The minimum absolute atomic E-state index is 0.0433. The fourth-order valence-electron chi connectivity index (χ4n) is 3.48. The van der Waals surface area contributed by atoms with Crippen molar-refractivity contribution in [1.29, 1.82) is 0 Å². The van der Waals surface area contributed by atoms with Gasteiger partial charge in [0.1, 0.15) is 0 Å². The van der Waals surface area contributed by atoms with E-state index < -0.39 is 0 Å². The SMILES string of the molecule is CCOC(=O)c1ccc(-c2ccc(/C=C3/C(=O)c4ccccc4N3C)cc2)cc1. The number of nitrogens with zero attached hydrogens (tertiary/aromatic N) is 1. The molecular weight excluding hydrogens is 362 g/mol. The molecule has 29 heavy (non-hydrogen) atoms. The number of carbonyl (C=O) groups is 2. The third kappa shape index (κ3) is 3.57. The summed E-state index contributed by atoms with van der Waals surface area (Å²) in [6.45, 7) is 2.15. The van der Waals surface area contributed by atoms with Crippen molar-refractivity contribution in [3.8, 4) is 11.1 Å². The first-order valence-corrected chi connectivity index (χ1v) is 9.55. The van der Waals surface area contributed by atoms with Crippen LogP contribution in [0, 0.1) is 0 Å². The number of carbonyl (C=O) groups excluding carboxylic acids is 2. The Morgan fingerprint density at radius 2 is 1.55 bits per heavy atom. The summed E-state index contributed by atoms with van der Waals surface area (Å²) in [4.78, 5) is 26.4. The van der Waals surface area contributed by atoms with E-state index in [4.69, 9.17) is 4.74 Å². The molecule has 0 atom stereocenters. The number of likely N-dealkylation sites (N-methyl/N-ethyl adjacent to an activating group) is 1. The topological polar surface area (TPSA) is 46.6 Å². The van der Waals surface area contributed by atoms with Gasteiger partial charge in [0.25, 0.3) is 0 Å². The number of ether oxygens (including phenoxy) is 1. The number of benzene rings is 3. The number of ketones is 1. The lowest BCUT2D eigenvalue weighted by Crippen LogP contribution is -2.13. The Balaban J connectivity index is 1.55. The predicted molar refractivity (Wildman–Crippen MR) is 115 cm³/mol. The number of anilines is 1. The highest BCUT2D eigenvalue weighted by Gasteiger charge is 2.28. The van der Waals surface area contributed by atoms with Crippen LogP contribution in [0.3, 0.4) is 0 Å². The lowest BCUT2D eigenvalue weighted by atomic mass is 10.0. The monoisotopic (exact) mass is 383 g/mol. The van der Waals surface area contributed by atoms with Crippen molar-refractivity contribution < 1.29 is 14.3 Å². The van der Waals surface area contributed by atoms with Gasteiger partial charge in [0.05, 0.1) is 23.6 Å². The van der Waals surface area contributed by atoms with E-state index in [1.54, 1.807) is 19.1 Å². The Labute approximate surface area is 170 Å². The van der Waals surface area contributed by atoms with Crippen LogP contribution in [-0.2, 0) is 4.74 Å². The Hall–Kier alpha value is -3.66. The molecule has 0 bridgehead atoms. The van der Waals surface area contributed by atoms with E-state index in [9.17, 15) is 9.59 Å². The lowest BCUT2D eigenvalue weighted by Gasteiger charge is -2.13. The third-order valence-electron chi connectivity index (χ3n) is 5.05. The van der Waals surface area contributed by atoms with E-state index in [2.05, 4.69) is 0 Å². The summed E-state index contributed by atoms with van der Waals surface area (Å²) in [5.74, 6) is -0.269. The van der Waals surface area contributed by atoms with Gasteiger partial charge in [-0.1, -0.05) is 48.5 Å². The molecule has 1 aliphatic rings. The van der Waals surface area contributed by atoms with Crippen LogP contribution in [0.4, 0.5) is 5.69 Å². The van der Waals surface area contributed by atoms with Crippen molar-refractivity contribution in [2.45, 2.75) is 6.92 Å². The summed E-state index contributed by atoms with van der Waals surface area (Å²) < 4.78 is 5.02. The first-order valence-electron chi connectivity index (χ1n) is 9.55. The smallest absolute Gasteiger partial charge is 0.338 e. The van der Waals surface area contributed by atoms with Gasteiger partial charge < -0.3 is 9.64 Å². The van der Waals surface area contributed by atoms with Crippen molar-refractivity contribution in [2.24, 2.45) is 0 Å². The minimum Gasteiger partial charge on any atom is -0.462 e. The second-order valence-electron chi connectivity index (χ2n) is 6.85. The number of fused-ring (bicyclic) bond motifs is 1. The van der Waals surface area contributed by atoms with Crippen LogP contribution in [0.1, 0.15) is 33.2 Å². The highest BCUT2D eigenvalue weighted by atomic mass is 16.5. The maximum absolute atomic E-state index is 12.7. The zero-order valence-corrected chi connectivity index (χ0v) is 16.4. The Bertz CT molecular complexity index is 1100. The molecule has 1 aliphatic heterocycles. The fraction of sp³-hybridized carbons (Fsp3) is 0.120. The van der Waals surface area contributed by atoms with Gasteiger partial charge in [-0.3, -0.25) is 4.79 Å². The highest BCUT2D eigenvalue weighted by Crippen LogP contribution is 2.34. The van der Waals surface area contributed by atoms with Crippen molar-refractivity contribution in [2.75, 3.05) is 18.6 Å². The number of hydrogen-bond acceptors (Lipinski definition) is 4. The van der Waals surface area contributed by atoms with Gasteiger partial charge in [0.15, 0.2) is 0 Å². The molecule has 0 N–H and O–H groups in total. The standard InChI is InChI=1S/C25H21NO3/c1-3-29-25(28)20-14-12-19(13-15-20)18-10-8-17(9-11-18)16-23-24(27)21-6-4-5-7-22(21)26(23)2/h4-16H,3H2,1-2H3/b23-16-. The zero-order chi connectivity index (χ0) is 20.4. The second kappa shape index (κ2) is 7.76. The van der Waals surface area contributed by atoms with Crippen LogP contribution in [0.15, 0.2) is 78.5 Å². The van der Waals surface area contributed by atoms with E-state index in [0.29, 0.717) is 17.9 Å². The van der Waals surface area contributed by atoms with Gasteiger partial charge in [-0.15, -0.1) is 0 Å². The molecule has 0 spiro atoms. The van der Waals surface area contributed by atoms with E-state index in [0.717, 1.165) is 27.9 Å². The normalized spacial score (nSPS) is 14.2. The van der Waals surface area contributed by atoms with Crippen LogP contribution in [-0.4, -0.2) is 25.4 Å². The molecule has 3 aromatic rings. The molecule has 3 aromatic carbocycles. The van der Waals surface area contributed by atoms with Crippen molar-refractivity contribution in [1.82, 2.24) is 0 Å². The Kier molecular flexibility index (Phi) is 5.00. The Morgan fingerprint density at radius 3 is 2.17 bits per heavy atom. The van der Waals surface area contributed by atoms with Crippen LogP contribution in [0.2, 0.25) is 0 Å². The molecule has 0 saturated carbocycles. The summed E-state index contributed by atoms with van der Waals surface area (Å²) in [6.07, 6.45) is 1.91. The Morgan fingerprint density at radius 1 is 0.931 bits per heavy atom. The molecule has 4 heteroatoms. The number of allylic oxidation sites excluding steroid dienone is 1. The average Bonchev–Trinajstić information content (AvgIpc) is 3.00. The molecule has 0 fully saturated rings. The molecule has 0 saturated heterocycles. The molecule has 4 rings (SSSR count). The van der Waals surface area contributed by atoms with Crippen molar-refractivity contribution in [3.05, 3.63) is 95.2 Å². The zero-order valence-electron chi connectivity index (χ0n) is 16.4. The first-order chi connectivity index (χ1) is 14.1. The summed E-state index contributed by atoms with van der Waals surface area (Å²) in [7, 11) is 1.91. The summed E-state index contributed by atoms with van der Waals surface area (Å²) in [5, 5.41) is 0.